The van der Waals surface area contributed by atoms with Gasteiger partial charge >= 0.3 is 0 Å². The van der Waals surface area contributed by atoms with Gasteiger partial charge in [0.25, 0.3) is 0 Å². The van der Waals surface area contributed by atoms with E-state index in [0.717, 1.165) is 5.92 Å². The van der Waals surface area contributed by atoms with Crippen molar-refractivity contribution < 1.29 is 0 Å². The summed E-state index contributed by atoms with van der Waals surface area (Å²) in [6.07, 6.45) is 9.47. The van der Waals surface area contributed by atoms with Crippen molar-refractivity contribution in [3.63, 3.8) is 0 Å². The standard InChI is InChI=1S/C13H16S.C2H6/c1-3-11-5-7-12(8-6-11)13-9-4-10(2)14-13;1-2/h4-5,7-9,11H,3,6H2,1-2H3;1-2H3. The Labute approximate surface area is 104 Å². The molecule has 0 fully saturated rings. The zero-order valence-corrected chi connectivity index (χ0v) is 11.6. The Hall–Kier alpha value is -0.820. The van der Waals surface area contributed by atoms with Crippen LogP contribution in [0.25, 0.3) is 5.57 Å². The van der Waals surface area contributed by atoms with Gasteiger partial charge in [-0.1, -0.05) is 39.0 Å². The molecular formula is C15H22S. The Bertz CT molecular complexity index is 369. The first-order valence-corrected chi connectivity index (χ1v) is 7.06. The third-order valence-electron chi connectivity index (χ3n) is 2.74. The van der Waals surface area contributed by atoms with E-state index in [9.17, 15) is 0 Å². The molecule has 1 heterocycles. The van der Waals surface area contributed by atoms with Crippen LogP contribution in [0.15, 0.2) is 30.4 Å². The van der Waals surface area contributed by atoms with Gasteiger partial charge < -0.3 is 0 Å². The third-order valence-corrected chi connectivity index (χ3v) is 3.79. The fraction of sp³-hybridized carbons (Fsp3) is 0.467. The summed E-state index contributed by atoms with van der Waals surface area (Å²) in [6, 6.07) is 4.42. The molecule has 0 saturated heterocycles. The molecule has 1 heteroatoms. The summed E-state index contributed by atoms with van der Waals surface area (Å²) in [7, 11) is 0. The first-order chi connectivity index (χ1) is 7.79. The second-order valence-corrected chi connectivity index (χ2v) is 5.12. The monoisotopic (exact) mass is 234 g/mol. The van der Waals surface area contributed by atoms with Crippen LogP contribution in [0.2, 0.25) is 0 Å². The van der Waals surface area contributed by atoms with Gasteiger partial charge in [-0.05, 0) is 43.4 Å². The highest BCUT2D eigenvalue weighted by molar-refractivity contribution is 7.13. The van der Waals surface area contributed by atoms with Crippen molar-refractivity contribution in [1.29, 1.82) is 0 Å². The van der Waals surface area contributed by atoms with Crippen LogP contribution in [0.3, 0.4) is 0 Å². The predicted octanol–water partition coefficient (Wildman–Crippen LogP) is 5.45. The van der Waals surface area contributed by atoms with Crippen LogP contribution < -0.4 is 0 Å². The maximum absolute atomic E-state index is 2.37. The summed E-state index contributed by atoms with van der Waals surface area (Å²) in [5.41, 5.74) is 1.41. The SMILES string of the molecule is CC.CCC1C=CC(c2ccc(C)s2)=CC1. The third kappa shape index (κ3) is 3.34. The average Bonchev–Trinajstić information content (AvgIpc) is 2.79. The number of allylic oxidation sites excluding steroid dienone is 4. The molecule has 0 amide bonds. The van der Waals surface area contributed by atoms with Gasteiger partial charge in [0.15, 0.2) is 0 Å². The van der Waals surface area contributed by atoms with Crippen LogP contribution >= 0.6 is 11.3 Å². The minimum Gasteiger partial charge on any atom is -0.141 e. The van der Waals surface area contributed by atoms with Gasteiger partial charge in [-0.2, -0.15) is 0 Å². The van der Waals surface area contributed by atoms with Crippen LogP contribution in [-0.2, 0) is 0 Å². The number of aryl methyl sites for hydroxylation is 1. The predicted molar refractivity (Wildman–Crippen MR) is 75.9 cm³/mol. The van der Waals surface area contributed by atoms with Crippen LogP contribution in [-0.4, -0.2) is 0 Å². The number of hydrogen-bond donors (Lipinski definition) is 0. The molecule has 0 aliphatic heterocycles. The molecule has 1 atom stereocenters. The molecule has 0 nitrogen and oxygen atoms in total. The summed E-state index contributed by atoms with van der Waals surface area (Å²) in [6.45, 7) is 8.42. The Balaban J connectivity index is 0.000000606. The fourth-order valence-electron chi connectivity index (χ4n) is 1.74. The van der Waals surface area contributed by atoms with E-state index in [1.807, 2.05) is 25.2 Å². The van der Waals surface area contributed by atoms with Crippen molar-refractivity contribution in [2.45, 2.75) is 40.5 Å². The number of hydrogen-bond acceptors (Lipinski definition) is 1. The molecule has 0 aromatic carbocycles. The minimum atomic E-state index is 0.764. The Morgan fingerprint density at radius 3 is 2.50 bits per heavy atom. The van der Waals surface area contributed by atoms with Crippen molar-refractivity contribution in [1.82, 2.24) is 0 Å². The maximum atomic E-state index is 2.37. The lowest BCUT2D eigenvalue weighted by Gasteiger charge is -2.12. The van der Waals surface area contributed by atoms with Crippen LogP contribution in [0, 0.1) is 12.8 Å². The molecule has 1 aliphatic rings. The molecular weight excluding hydrogens is 212 g/mol. The first kappa shape index (κ1) is 13.2. The van der Waals surface area contributed by atoms with E-state index >= 15 is 0 Å². The second-order valence-electron chi connectivity index (χ2n) is 3.83. The molecule has 1 aromatic rings. The zero-order chi connectivity index (χ0) is 12.0. The summed E-state index contributed by atoms with van der Waals surface area (Å²) >= 11 is 1.88. The van der Waals surface area contributed by atoms with E-state index < -0.39 is 0 Å². The van der Waals surface area contributed by atoms with Crippen molar-refractivity contribution in [3.8, 4) is 0 Å². The van der Waals surface area contributed by atoms with Crippen LogP contribution in [0.5, 0.6) is 0 Å². The summed E-state index contributed by atoms with van der Waals surface area (Å²) in [5.74, 6) is 0.764. The van der Waals surface area contributed by atoms with E-state index in [4.69, 9.17) is 0 Å². The van der Waals surface area contributed by atoms with E-state index in [-0.39, 0.29) is 0 Å². The maximum Gasteiger partial charge on any atom is 0.0342 e. The lowest BCUT2D eigenvalue weighted by atomic mass is 9.94. The molecule has 2 rings (SSSR count). The van der Waals surface area contributed by atoms with E-state index in [2.05, 4.69) is 44.2 Å². The molecule has 0 saturated carbocycles. The Kier molecular flexibility index (Phi) is 5.54. The highest BCUT2D eigenvalue weighted by Gasteiger charge is 2.08. The number of rotatable bonds is 2. The molecule has 16 heavy (non-hydrogen) atoms. The van der Waals surface area contributed by atoms with E-state index in [0.29, 0.717) is 0 Å². The average molecular weight is 234 g/mol. The normalized spacial score (nSPS) is 18.8. The van der Waals surface area contributed by atoms with Gasteiger partial charge in [0, 0.05) is 9.75 Å². The van der Waals surface area contributed by atoms with E-state index in [1.165, 1.54) is 28.2 Å². The molecule has 1 unspecified atom stereocenters. The summed E-state index contributed by atoms with van der Waals surface area (Å²) in [5, 5.41) is 0. The molecule has 0 bridgehead atoms. The van der Waals surface area contributed by atoms with Gasteiger partial charge in [0.05, 0.1) is 0 Å². The molecule has 1 aliphatic carbocycles. The second kappa shape index (κ2) is 6.70. The molecule has 88 valence electrons. The highest BCUT2D eigenvalue weighted by Crippen LogP contribution is 2.29. The van der Waals surface area contributed by atoms with E-state index in [1.54, 1.807) is 0 Å². The molecule has 0 radical (unpaired) electrons. The van der Waals surface area contributed by atoms with Gasteiger partial charge in [-0.25, -0.2) is 0 Å². The first-order valence-electron chi connectivity index (χ1n) is 6.24. The summed E-state index contributed by atoms with van der Waals surface area (Å²) in [4.78, 5) is 2.81. The van der Waals surface area contributed by atoms with Gasteiger partial charge in [0.2, 0.25) is 0 Å². The molecule has 0 N–H and O–H groups in total. The summed E-state index contributed by atoms with van der Waals surface area (Å²) < 4.78 is 0. The minimum absolute atomic E-state index is 0.764. The lowest BCUT2D eigenvalue weighted by Crippen LogP contribution is -1.96. The number of thiophene rings is 1. The quantitative estimate of drug-likeness (QED) is 0.638. The Morgan fingerprint density at radius 1 is 1.31 bits per heavy atom. The van der Waals surface area contributed by atoms with Crippen LogP contribution in [0.1, 0.15) is 43.4 Å². The zero-order valence-electron chi connectivity index (χ0n) is 10.8. The molecule has 0 spiro atoms. The Morgan fingerprint density at radius 2 is 2.06 bits per heavy atom. The topological polar surface area (TPSA) is 0 Å². The highest BCUT2D eigenvalue weighted by atomic mass is 32.1. The smallest absolute Gasteiger partial charge is 0.0342 e. The van der Waals surface area contributed by atoms with Gasteiger partial charge in [0.1, 0.15) is 0 Å². The van der Waals surface area contributed by atoms with Crippen molar-refractivity contribution in [3.05, 3.63) is 40.1 Å². The van der Waals surface area contributed by atoms with Crippen molar-refractivity contribution in [2.24, 2.45) is 5.92 Å². The van der Waals surface area contributed by atoms with Gasteiger partial charge in [-0.3, -0.25) is 0 Å². The van der Waals surface area contributed by atoms with Crippen molar-refractivity contribution in [2.75, 3.05) is 0 Å². The largest absolute Gasteiger partial charge is 0.141 e. The van der Waals surface area contributed by atoms with Crippen LogP contribution in [0.4, 0.5) is 0 Å². The fourth-order valence-corrected chi connectivity index (χ4v) is 2.63. The van der Waals surface area contributed by atoms with Crippen molar-refractivity contribution >= 4 is 16.9 Å². The lowest BCUT2D eigenvalue weighted by molar-refractivity contribution is 0.634. The molecule has 1 aromatic heterocycles. The van der Waals surface area contributed by atoms with Gasteiger partial charge in [-0.15, -0.1) is 11.3 Å².